The van der Waals surface area contributed by atoms with Crippen molar-refractivity contribution in [3.63, 3.8) is 0 Å². The van der Waals surface area contributed by atoms with E-state index in [-0.39, 0.29) is 12.2 Å². The Morgan fingerprint density at radius 1 is 1.27 bits per heavy atom. The molecule has 1 heterocycles. The predicted octanol–water partition coefficient (Wildman–Crippen LogP) is 3.86. The summed E-state index contributed by atoms with van der Waals surface area (Å²) >= 11 is 0. The molecular formula is C19H28O3. The van der Waals surface area contributed by atoms with Crippen LogP contribution in [0.25, 0.3) is 0 Å². The minimum atomic E-state index is -0.430. The molecule has 0 aliphatic carbocycles. The summed E-state index contributed by atoms with van der Waals surface area (Å²) in [5.41, 5.74) is 1.16. The minimum absolute atomic E-state index is 0.0391. The van der Waals surface area contributed by atoms with Gasteiger partial charge in [-0.3, -0.25) is 0 Å². The summed E-state index contributed by atoms with van der Waals surface area (Å²) in [7, 11) is 0. The van der Waals surface area contributed by atoms with Crippen LogP contribution in [-0.2, 0) is 16.1 Å². The SMILES string of the molecule is CCCCC/C=C/[C@H]1O[C@H]1[C@H](O)CCOCc1ccccc1. The average molecular weight is 304 g/mol. The molecule has 0 amide bonds. The van der Waals surface area contributed by atoms with E-state index in [2.05, 4.69) is 19.1 Å². The Labute approximate surface area is 134 Å². The first kappa shape index (κ1) is 17.2. The van der Waals surface area contributed by atoms with Crippen molar-refractivity contribution in [3.05, 3.63) is 48.0 Å². The number of hydrogen-bond acceptors (Lipinski definition) is 3. The number of ether oxygens (including phenoxy) is 2. The van der Waals surface area contributed by atoms with Crippen molar-refractivity contribution in [2.75, 3.05) is 6.61 Å². The standard InChI is InChI=1S/C19H28O3/c1-2-3-4-5-9-12-18-19(22-18)17(20)13-14-21-15-16-10-7-6-8-11-16/h6-12,17-20H,2-5,13-15H2,1H3/b12-9+/t17-,18-,19+/m1/s1. The first-order valence-corrected chi connectivity index (χ1v) is 8.43. The highest BCUT2D eigenvalue weighted by Crippen LogP contribution is 2.28. The van der Waals surface area contributed by atoms with Crippen LogP contribution in [0.2, 0.25) is 0 Å². The van der Waals surface area contributed by atoms with E-state index in [1.54, 1.807) is 0 Å². The van der Waals surface area contributed by atoms with Gasteiger partial charge >= 0.3 is 0 Å². The summed E-state index contributed by atoms with van der Waals surface area (Å²) in [5.74, 6) is 0. The largest absolute Gasteiger partial charge is 0.390 e. The molecule has 0 bridgehead atoms. The van der Waals surface area contributed by atoms with Gasteiger partial charge in [0.1, 0.15) is 12.2 Å². The van der Waals surface area contributed by atoms with Crippen molar-refractivity contribution in [2.24, 2.45) is 0 Å². The van der Waals surface area contributed by atoms with E-state index in [0.29, 0.717) is 19.6 Å². The van der Waals surface area contributed by atoms with Gasteiger partial charge in [0, 0.05) is 6.61 Å². The van der Waals surface area contributed by atoms with Crippen LogP contribution >= 0.6 is 0 Å². The molecule has 3 heteroatoms. The number of aliphatic hydroxyl groups excluding tert-OH is 1. The van der Waals surface area contributed by atoms with Gasteiger partial charge in [0.15, 0.2) is 0 Å². The molecule has 0 spiro atoms. The Kier molecular flexibility index (Phi) is 7.64. The van der Waals surface area contributed by atoms with Gasteiger partial charge in [0.2, 0.25) is 0 Å². The second kappa shape index (κ2) is 9.78. The zero-order valence-electron chi connectivity index (χ0n) is 13.5. The third-order valence-corrected chi connectivity index (χ3v) is 3.91. The number of epoxide rings is 1. The lowest BCUT2D eigenvalue weighted by molar-refractivity contribution is 0.0605. The fourth-order valence-electron chi connectivity index (χ4n) is 2.48. The van der Waals surface area contributed by atoms with Gasteiger partial charge in [0.05, 0.1) is 12.7 Å². The van der Waals surface area contributed by atoms with Crippen molar-refractivity contribution in [1.82, 2.24) is 0 Å². The molecule has 0 radical (unpaired) electrons. The van der Waals surface area contributed by atoms with Gasteiger partial charge < -0.3 is 14.6 Å². The lowest BCUT2D eigenvalue weighted by atomic mass is 10.1. The third kappa shape index (κ3) is 6.30. The molecule has 1 aliphatic rings. The van der Waals surface area contributed by atoms with Crippen LogP contribution in [0.3, 0.4) is 0 Å². The normalized spacial score (nSPS) is 22.1. The fraction of sp³-hybridized carbons (Fsp3) is 0.579. The zero-order chi connectivity index (χ0) is 15.6. The van der Waals surface area contributed by atoms with Crippen LogP contribution < -0.4 is 0 Å². The Bertz CT molecular complexity index is 430. The van der Waals surface area contributed by atoms with Gasteiger partial charge in [-0.05, 0) is 24.8 Å². The monoisotopic (exact) mass is 304 g/mol. The average Bonchev–Trinajstić information content (AvgIpc) is 3.32. The quantitative estimate of drug-likeness (QED) is 0.383. The Morgan fingerprint density at radius 3 is 2.86 bits per heavy atom. The summed E-state index contributed by atoms with van der Waals surface area (Å²) in [6, 6.07) is 10.1. The molecule has 22 heavy (non-hydrogen) atoms. The summed E-state index contributed by atoms with van der Waals surface area (Å²) in [5, 5.41) is 10.1. The van der Waals surface area contributed by atoms with E-state index in [1.165, 1.54) is 19.3 Å². The molecule has 2 rings (SSSR count). The van der Waals surface area contributed by atoms with Crippen LogP contribution in [-0.4, -0.2) is 30.0 Å². The molecule has 3 atom stereocenters. The van der Waals surface area contributed by atoms with Crippen LogP contribution in [0.1, 0.15) is 44.6 Å². The minimum Gasteiger partial charge on any atom is -0.390 e. The van der Waals surface area contributed by atoms with E-state index >= 15 is 0 Å². The Hall–Kier alpha value is -1.16. The zero-order valence-corrected chi connectivity index (χ0v) is 13.5. The van der Waals surface area contributed by atoms with Crippen molar-refractivity contribution in [2.45, 2.75) is 63.9 Å². The second-order valence-electron chi connectivity index (χ2n) is 5.88. The summed E-state index contributed by atoms with van der Waals surface area (Å²) in [6.45, 7) is 3.36. The third-order valence-electron chi connectivity index (χ3n) is 3.91. The highest BCUT2D eigenvalue weighted by Gasteiger charge is 2.41. The summed E-state index contributed by atoms with van der Waals surface area (Å²) in [4.78, 5) is 0. The summed E-state index contributed by atoms with van der Waals surface area (Å²) in [6.07, 6.45) is 9.40. The molecule has 1 N–H and O–H groups in total. The number of rotatable bonds is 11. The van der Waals surface area contributed by atoms with Crippen molar-refractivity contribution >= 4 is 0 Å². The van der Waals surface area contributed by atoms with Gasteiger partial charge in [-0.15, -0.1) is 0 Å². The molecule has 0 aromatic heterocycles. The molecule has 1 saturated heterocycles. The smallest absolute Gasteiger partial charge is 0.114 e. The second-order valence-corrected chi connectivity index (χ2v) is 5.88. The van der Waals surface area contributed by atoms with E-state index in [1.807, 2.05) is 30.3 Å². The first-order chi connectivity index (χ1) is 10.8. The number of aliphatic hydroxyl groups is 1. The molecule has 1 aromatic carbocycles. The number of unbranched alkanes of at least 4 members (excludes halogenated alkanes) is 3. The van der Waals surface area contributed by atoms with Gasteiger partial charge in [-0.25, -0.2) is 0 Å². The van der Waals surface area contributed by atoms with Crippen LogP contribution in [0.15, 0.2) is 42.5 Å². The Morgan fingerprint density at radius 2 is 2.09 bits per heavy atom. The number of allylic oxidation sites excluding steroid dienone is 1. The van der Waals surface area contributed by atoms with Gasteiger partial charge in [0.25, 0.3) is 0 Å². The molecule has 0 unspecified atom stereocenters. The molecular weight excluding hydrogens is 276 g/mol. The van der Waals surface area contributed by atoms with Crippen molar-refractivity contribution < 1.29 is 14.6 Å². The molecule has 1 aromatic rings. The van der Waals surface area contributed by atoms with Gasteiger partial charge in [-0.1, -0.05) is 62.2 Å². The maximum absolute atomic E-state index is 10.1. The maximum Gasteiger partial charge on any atom is 0.114 e. The summed E-state index contributed by atoms with van der Waals surface area (Å²) < 4.78 is 11.1. The van der Waals surface area contributed by atoms with E-state index in [4.69, 9.17) is 9.47 Å². The molecule has 1 fully saturated rings. The molecule has 0 saturated carbocycles. The topological polar surface area (TPSA) is 42.0 Å². The van der Waals surface area contributed by atoms with E-state index in [0.717, 1.165) is 12.0 Å². The molecule has 3 nitrogen and oxygen atoms in total. The Balaban J connectivity index is 1.52. The fourth-order valence-corrected chi connectivity index (χ4v) is 2.48. The lowest BCUT2D eigenvalue weighted by Crippen LogP contribution is -2.18. The van der Waals surface area contributed by atoms with E-state index < -0.39 is 6.10 Å². The maximum atomic E-state index is 10.1. The number of benzene rings is 1. The van der Waals surface area contributed by atoms with Crippen molar-refractivity contribution in [3.8, 4) is 0 Å². The van der Waals surface area contributed by atoms with E-state index in [9.17, 15) is 5.11 Å². The first-order valence-electron chi connectivity index (χ1n) is 8.43. The highest BCUT2D eigenvalue weighted by atomic mass is 16.6. The van der Waals surface area contributed by atoms with Crippen LogP contribution in [0, 0.1) is 0 Å². The van der Waals surface area contributed by atoms with Crippen molar-refractivity contribution in [1.29, 1.82) is 0 Å². The molecule has 122 valence electrons. The molecule has 1 aliphatic heterocycles. The lowest BCUT2D eigenvalue weighted by Gasteiger charge is -2.08. The predicted molar refractivity (Wildman–Crippen MR) is 88.7 cm³/mol. The van der Waals surface area contributed by atoms with Crippen LogP contribution in [0.4, 0.5) is 0 Å². The van der Waals surface area contributed by atoms with Crippen LogP contribution in [0.5, 0.6) is 0 Å². The number of hydrogen-bond donors (Lipinski definition) is 1. The highest BCUT2D eigenvalue weighted by molar-refractivity contribution is 5.13. The van der Waals surface area contributed by atoms with Gasteiger partial charge in [-0.2, -0.15) is 0 Å².